The molecule has 0 aliphatic heterocycles. The van der Waals surface area contributed by atoms with Crippen LogP contribution in [0.5, 0.6) is 0 Å². The summed E-state index contributed by atoms with van der Waals surface area (Å²) in [6, 6.07) is 1.85. The molecule has 0 saturated carbocycles. The number of aromatic carboxylic acids is 1. The van der Waals surface area contributed by atoms with E-state index in [1.807, 2.05) is 13.1 Å². The van der Waals surface area contributed by atoms with E-state index in [9.17, 15) is 9.90 Å². The van der Waals surface area contributed by atoms with E-state index < -0.39 is 5.97 Å². The van der Waals surface area contributed by atoms with Gasteiger partial charge in [0.1, 0.15) is 5.56 Å². The zero-order chi connectivity index (χ0) is 14.0. The Morgan fingerprint density at radius 3 is 2.74 bits per heavy atom. The molecule has 2 aromatic rings. The number of nitrogens with one attached hydrogen (secondary N) is 1. The summed E-state index contributed by atoms with van der Waals surface area (Å²) in [6.07, 6.45) is 1.68. The minimum Gasteiger partial charge on any atom is -0.478 e. The first-order chi connectivity index (χ1) is 9.00. The Labute approximate surface area is 110 Å². The Balaban J connectivity index is 2.28. The molecule has 2 heterocycles. The average molecular weight is 261 g/mol. The lowest BCUT2D eigenvalue weighted by Crippen LogP contribution is -2.14. The Hall–Kier alpha value is -2.44. The van der Waals surface area contributed by atoms with Crippen molar-refractivity contribution in [2.75, 3.05) is 5.32 Å². The van der Waals surface area contributed by atoms with E-state index in [0.29, 0.717) is 17.8 Å². The maximum Gasteiger partial charge on any atom is 0.339 e. The first kappa shape index (κ1) is 13.0. The van der Waals surface area contributed by atoms with Crippen LogP contribution in [0.1, 0.15) is 27.3 Å². The molecule has 0 radical (unpaired) electrons. The highest BCUT2D eigenvalue weighted by molar-refractivity contribution is 5.94. The van der Waals surface area contributed by atoms with Crippen molar-refractivity contribution in [2.24, 2.45) is 7.05 Å². The molecule has 0 saturated heterocycles. The van der Waals surface area contributed by atoms with Gasteiger partial charge in [-0.3, -0.25) is 4.68 Å². The van der Waals surface area contributed by atoms with Gasteiger partial charge in [-0.25, -0.2) is 4.79 Å². The topological polar surface area (TPSA) is 92.9 Å². The highest BCUT2D eigenvalue weighted by atomic mass is 16.4. The van der Waals surface area contributed by atoms with E-state index in [4.69, 9.17) is 0 Å². The van der Waals surface area contributed by atoms with E-state index in [1.54, 1.807) is 24.7 Å². The summed E-state index contributed by atoms with van der Waals surface area (Å²) in [4.78, 5) is 11.3. The number of carboxylic acid groups (broad SMARTS) is 1. The molecule has 2 aromatic heterocycles. The van der Waals surface area contributed by atoms with Crippen molar-refractivity contribution in [1.82, 2.24) is 20.0 Å². The van der Waals surface area contributed by atoms with Gasteiger partial charge in [0.15, 0.2) is 5.82 Å². The average Bonchev–Trinajstić information content (AvgIpc) is 2.76. The molecule has 100 valence electrons. The maximum atomic E-state index is 11.3. The second-order valence-corrected chi connectivity index (χ2v) is 4.24. The van der Waals surface area contributed by atoms with Crippen molar-refractivity contribution >= 4 is 11.8 Å². The van der Waals surface area contributed by atoms with Crippen LogP contribution in [0.25, 0.3) is 0 Å². The summed E-state index contributed by atoms with van der Waals surface area (Å²) < 4.78 is 1.71. The fourth-order valence-electron chi connectivity index (χ4n) is 1.74. The summed E-state index contributed by atoms with van der Waals surface area (Å²) in [7, 11) is 1.82. The quantitative estimate of drug-likeness (QED) is 0.857. The highest BCUT2D eigenvalue weighted by Gasteiger charge is 2.17. The molecule has 0 atom stereocenters. The number of rotatable bonds is 4. The summed E-state index contributed by atoms with van der Waals surface area (Å²) >= 11 is 0. The molecule has 0 fully saturated rings. The fraction of sp³-hybridized carbons (Fsp3) is 0.333. The molecule has 0 aliphatic carbocycles. The molecule has 0 spiro atoms. The van der Waals surface area contributed by atoms with Crippen molar-refractivity contribution < 1.29 is 9.90 Å². The van der Waals surface area contributed by atoms with Gasteiger partial charge in [0, 0.05) is 13.2 Å². The summed E-state index contributed by atoms with van der Waals surface area (Å²) in [5.74, 6) is -0.736. The zero-order valence-corrected chi connectivity index (χ0v) is 11.0. The minimum absolute atomic E-state index is 0.162. The molecular formula is C12H15N5O2. The molecule has 0 aliphatic rings. The van der Waals surface area contributed by atoms with Crippen molar-refractivity contribution in [2.45, 2.75) is 20.4 Å². The van der Waals surface area contributed by atoms with Gasteiger partial charge in [-0.1, -0.05) is 0 Å². The Morgan fingerprint density at radius 1 is 1.42 bits per heavy atom. The van der Waals surface area contributed by atoms with E-state index in [0.717, 1.165) is 5.69 Å². The third kappa shape index (κ3) is 2.54. The predicted octanol–water partition coefficient (Wildman–Crippen LogP) is 1.14. The van der Waals surface area contributed by atoms with Crippen LogP contribution >= 0.6 is 0 Å². The van der Waals surface area contributed by atoms with Gasteiger partial charge in [0.2, 0.25) is 0 Å². The van der Waals surface area contributed by atoms with Crippen molar-refractivity contribution in [3.63, 3.8) is 0 Å². The smallest absolute Gasteiger partial charge is 0.339 e. The van der Waals surface area contributed by atoms with Crippen LogP contribution in [0, 0.1) is 13.8 Å². The Bertz CT molecular complexity index is 621. The van der Waals surface area contributed by atoms with Crippen LogP contribution in [0.4, 0.5) is 5.82 Å². The molecule has 0 aromatic carbocycles. The molecule has 0 bridgehead atoms. The number of anilines is 1. The van der Waals surface area contributed by atoms with Gasteiger partial charge in [0.05, 0.1) is 17.9 Å². The first-order valence-electron chi connectivity index (χ1n) is 5.78. The van der Waals surface area contributed by atoms with E-state index in [1.165, 1.54) is 0 Å². The van der Waals surface area contributed by atoms with E-state index in [2.05, 4.69) is 20.6 Å². The molecular weight excluding hydrogens is 246 g/mol. The third-order valence-corrected chi connectivity index (χ3v) is 3.03. The van der Waals surface area contributed by atoms with Crippen LogP contribution < -0.4 is 5.32 Å². The molecule has 19 heavy (non-hydrogen) atoms. The highest BCUT2D eigenvalue weighted by Crippen LogP contribution is 2.18. The van der Waals surface area contributed by atoms with Gasteiger partial charge >= 0.3 is 5.97 Å². The largest absolute Gasteiger partial charge is 0.478 e. The molecule has 0 unspecified atom stereocenters. The molecule has 7 heteroatoms. The number of carboxylic acids is 1. The first-order valence-corrected chi connectivity index (χ1v) is 5.78. The third-order valence-electron chi connectivity index (χ3n) is 3.03. The van der Waals surface area contributed by atoms with Crippen LogP contribution in [0.3, 0.4) is 0 Å². The number of carbonyl (C=O) groups is 1. The van der Waals surface area contributed by atoms with Crippen LogP contribution in [-0.4, -0.2) is 31.1 Å². The Kier molecular flexibility index (Phi) is 3.46. The van der Waals surface area contributed by atoms with Crippen molar-refractivity contribution in [3.05, 3.63) is 34.8 Å². The lowest BCUT2D eigenvalue weighted by atomic mass is 10.1. The van der Waals surface area contributed by atoms with Crippen molar-refractivity contribution in [1.29, 1.82) is 0 Å². The van der Waals surface area contributed by atoms with Crippen molar-refractivity contribution in [3.8, 4) is 0 Å². The molecule has 7 nitrogen and oxygen atoms in total. The molecule has 2 N–H and O–H groups in total. The monoisotopic (exact) mass is 261 g/mol. The van der Waals surface area contributed by atoms with Gasteiger partial charge in [0.25, 0.3) is 0 Å². The van der Waals surface area contributed by atoms with Gasteiger partial charge < -0.3 is 10.4 Å². The fourth-order valence-corrected chi connectivity index (χ4v) is 1.74. The number of nitrogens with zero attached hydrogens (tertiary/aromatic N) is 4. The Morgan fingerprint density at radius 2 is 2.16 bits per heavy atom. The standard InChI is InChI=1S/C12H15N5O2/c1-7-8(2)15-16-11(10(7)12(18)19)13-6-9-4-5-14-17(9)3/h4-5H,6H2,1-3H3,(H,13,16)(H,18,19). The maximum absolute atomic E-state index is 11.3. The van der Waals surface area contributed by atoms with Gasteiger partial charge in [-0.05, 0) is 25.5 Å². The minimum atomic E-state index is -1.01. The summed E-state index contributed by atoms with van der Waals surface area (Å²) in [6.45, 7) is 3.90. The van der Waals surface area contributed by atoms with Crippen LogP contribution in [0.15, 0.2) is 12.3 Å². The van der Waals surface area contributed by atoms with Gasteiger partial charge in [-0.2, -0.15) is 10.2 Å². The molecule has 0 amide bonds. The van der Waals surface area contributed by atoms with Crippen LogP contribution in [0.2, 0.25) is 0 Å². The number of hydrogen-bond donors (Lipinski definition) is 2. The summed E-state index contributed by atoms with van der Waals surface area (Å²) in [5, 5.41) is 24.2. The lowest BCUT2D eigenvalue weighted by Gasteiger charge is -2.11. The SMILES string of the molecule is Cc1nnc(NCc2ccnn2C)c(C(=O)O)c1C. The van der Waals surface area contributed by atoms with E-state index >= 15 is 0 Å². The number of aromatic nitrogens is 4. The predicted molar refractivity (Wildman–Crippen MR) is 69.0 cm³/mol. The van der Waals surface area contributed by atoms with E-state index in [-0.39, 0.29) is 11.4 Å². The van der Waals surface area contributed by atoms with Gasteiger partial charge in [-0.15, -0.1) is 5.10 Å². The zero-order valence-electron chi connectivity index (χ0n) is 11.0. The summed E-state index contributed by atoms with van der Waals surface area (Å²) in [5.41, 5.74) is 2.32. The lowest BCUT2D eigenvalue weighted by molar-refractivity contribution is 0.0696. The molecule has 2 rings (SSSR count). The normalized spacial score (nSPS) is 10.5. The second kappa shape index (κ2) is 5.05. The van der Waals surface area contributed by atoms with Crippen LogP contribution in [-0.2, 0) is 13.6 Å². The number of hydrogen-bond acceptors (Lipinski definition) is 5. The number of aryl methyl sites for hydroxylation is 2. The second-order valence-electron chi connectivity index (χ2n) is 4.24.